The molecule has 12 nitrogen and oxygen atoms in total. The topological polar surface area (TPSA) is 146 Å². The second kappa shape index (κ2) is 13.6. The molecule has 0 bridgehead atoms. The minimum absolute atomic E-state index is 0.0200. The molecule has 0 saturated carbocycles. The molecule has 1 unspecified atom stereocenters. The van der Waals surface area contributed by atoms with Crippen molar-refractivity contribution in [2.24, 2.45) is 11.7 Å². The van der Waals surface area contributed by atoms with Crippen molar-refractivity contribution >= 4 is 29.5 Å². The van der Waals surface area contributed by atoms with E-state index < -0.39 is 29.9 Å². The average molecular weight is 608 g/mol. The number of unbranched alkanes of at least 4 members (excludes halogenated alkanes) is 1. The van der Waals surface area contributed by atoms with Crippen molar-refractivity contribution < 1.29 is 33.8 Å². The van der Waals surface area contributed by atoms with Crippen molar-refractivity contribution in [2.45, 2.75) is 51.1 Å². The van der Waals surface area contributed by atoms with E-state index in [-0.39, 0.29) is 44.5 Å². The minimum atomic E-state index is -1.00. The van der Waals surface area contributed by atoms with E-state index >= 15 is 0 Å². The van der Waals surface area contributed by atoms with Gasteiger partial charge in [-0.25, -0.2) is 4.79 Å². The molecule has 236 valence electrons. The lowest BCUT2D eigenvalue weighted by molar-refractivity contribution is -0.143. The number of carboxylic acids is 1. The van der Waals surface area contributed by atoms with Gasteiger partial charge in [-0.2, -0.15) is 0 Å². The van der Waals surface area contributed by atoms with Crippen LogP contribution in [0.5, 0.6) is 11.5 Å². The summed E-state index contributed by atoms with van der Waals surface area (Å²) in [6, 6.07) is 12.0. The number of anilines is 1. The molecule has 4 amide bonds. The summed E-state index contributed by atoms with van der Waals surface area (Å²) in [6.45, 7) is 3.71. The van der Waals surface area contributed by atoms with Crippen molar-refractivity contribution in [3.8, 4) is 11.5 Å². The van der Waals surface area contributed by atoms with E-state index in [0.717, 1.165) is 29.7 Å². The van der Waals surface area contributed by atoms with Gasteiger partial charge >= 0.3 is 12.0 Å². The molecule has 2 aromatic carbocycles. The number of aliphatic carboxylic acids is 1. The summed E-state index contributed by atoms with van der Waals surface area (Å²) >= 11 is 0. The summed E-state index contributed by atoms with van der Waals surface area (Å²) in [4.78, 5) is 58.8. The first kappa shape index (κ1) is 31.3. The molecule has 3 aliphatic rings. The van der Waals surface area contributed by atoms with E-state index in [1.807, 2.05) is 41.3 Å². The quantitative estimate of drug-likeness (QED) is 0.372. The van der Waals surface area contributed by atoms with E-state index in [9.17, 15) is 24.3 Å². The standard InChI is InChI=1S/C32H41N5O7/c1-3-4-12-36(23-7-5-6-21(15-23)17-33)29(39)19-35-18-24(22-8-9-26-27(16-22)44-20-43-26)30(31(40)41)25(35)10-14-37-28(38)11-13-34(2)32(37)42/h5-9,15-16,24-25,30H,3-4,10-14,17-20,33H2,1-2H3,(H,40,41)/t24-,25+,30?/m1/s1. The van der Waals surface area contributed by atoms with E-state index in [1.165, 1.54) is 9.80 Å². The summed E-state index contributed by atoms with van der Waals surface area (Å²) in [5, 5.41) is 10.6. The zero-order valence-electron chi connectivity index (χ0n) is 25.3. The van der Waals surface area contributed by atoms with E-state index in [2.05, 4.69) is 6.92 Å². The molecule has 5 rings (SSSR count). The molecule has 12 heteroatoms. The lowest BCUT2D eigenvalue weighted by Crippen LogP contribution is -2.52. The van der Waals surface area contributed by atoms with Gasteiger partial charge < -0.3 is 30.1 Å². The van der Waals surface area contributed by atoms with E-state index in [1.54, 1.807) is 18.0 Å². The predicted molar refractivity (Wildman–Crippen MR) is 162 cm³/mol. The maximum Gasteiger partial charge on any atom is 0.326 e. The van der Waals surface area contributed by atoms with Gasteiger partial charge in [-0.3, -0.25) is 24.2 Å². The van der Waals surface area contributed by atoms with Crippen LogP contribution in [0.25, 0.3) is 0 Å². The SMILES string of the molecule is CCCCN(C(=O)CN1C[C@H](c2ccc3c(c2)OCO3)C(C(=O)O)[C@@H]1CCN1C(=O)CCN(C)C1=O)c1cccc(CN)c1. The molecule has 3 heterocycles. The third-order valence-electron chi connectivity index (χ3n) is 8.86. The second-order valence-electron chi connectivity index (χ2n) is 11.6. The predicted octanol–water partition coefficient (Wildman–Crippen LogP) is 2.85. The molecular weight excluding hydrogens is 566 g/mol. The van der Waals surface area contributed by atoms with Crippen molar-refractivity contribution in [3.05, 3.63) is 53.6 Å². The van der Waals surface area contributed by atoms with Crippen LogP contribution in [0.1, 0.15) is 49.7 Å². The molecule has 3 aliphatic heterocycles. The van der Waals surface area contributed by atoms with Crippen LogP contribution >= 0.6 is 0 Å². The molecular formula is C32H41N5O7. The fraction of sp³-hybridized carbons (Fsp3) is 0.500. The van der Waals surface area contributed by atoms with Gasteiger partial charge in [0, 0.05) is 63.8 Å². The highest BCUT2D eigenvalue weighted by atomic mass is 16.7. The Morgan fingerprint density at radius 1 is 1.11 bits per heavy atom. The largest absolute Gasteiger partial charge is 0.481 e. The highest BCUT2D eigenvalue weighted by Crippen LogP contribution is 2.43. The lowest BCUT2D eigenvalue weighted by atomic mass is 9.84. The van der Waals surface area contributed by atoms with Crippen molar-refractivity contribution in [2.75, 3.05) is 51.5 Å². The second-order valence-corrected chi connectivity index (χ2v) is 11.6. The summed E-state index contributed by atoms with van der Waals surface area (Å²) in [7, 11) is 1.64. The van der Waals surface area contributed by atoms with Gasteiger partial charge in [0.1, 0.15) is 0 Å². The Balaban J connectivity index is 1.45. The summed E-state index contributed by atoms with van der Waals surface area (Å²) in [6.07, 6.45) is 2.12. The van der Waals surface area contributed by atoms with Gasteiger partial charge in [-0.1, -0.05) is 31.5 Å². The van der Waals surface area contributed by atoms with Gasteiger partial charge in [-0.15, -0.1) is 0 Å². The summed E-state index contributed by atoms with van der Waals surface area (Å²) < 4.78 is 11.0. The van der Waals surface area contributed by atoms with Crippen LogP contribution in [-0.2, 0) is 20.9 Å². The number of nitrogens with zero attached hydrogens (tertiary/aromatic N) is 4. The fourth-order valence-electron chi connectivity index (χ4n) is 6.45. The molecule has 0 aromatic heterocycles. The van der Waals surface area contributed by atoms with E-state index in [0.29, 0.717) is 37.7 Å². The lowest BCUT2D eigenvalue weighted by Gasteiger charge is -2.34. The monoisotopic (exact) mass is 607 g/mol. The summed E-state index contributed by atoms with van der Waals surface area (Å²) in [5.41, 5.74) is 8.30. The first-order valence-electron chi connectivity index (χ1n) is 15.2. The van der Waals surface area contributed by atoms with Gasteiger partial charge in [0.2, 0.25) is 18.6 Å². The number of carbonyl (C=O) groups excluding carboxylic acids is 3. The van der Waals surface area contributed by atoms with Crippen LogP contribution in [0.15, 0.2) is 42.5 Å². The molecule has 3 N–H and O–H groups in total. The number of hydrogen-bond donors (Lipinski definition) is 2. The number of nitrogens with two attached hydrogens (primary N) is 1. The molecule has 2 saturated heterocycles. The number of urea groups is 1. The molecule has 0 radical (unpaired) electrons. The van der Waals surface area contributed by atoms with Gasteiger partial charge in [0.05, 0.1) is 12.5 Å². The number of carboxylic acid groups (broad SMARTS) is 1. The Labute approximate surface area is 257 Å². The molecule has 2 aromatic rings. The van der Waals surface area contributed by atoms with Crippen LogP contribution in [-0.4, -0.2) is 96.2 Å². The van der Waals surface area contributed by atoms with Crippen LogP contribution in [0, 0.1) is 5.92 Å². The smallest absolute Gasteiger partial charge is 0.326 e. The minimum Gasteiger partial charge on any atom is -0.481 e. The molecule has 0 aliphatic carbocycles. The van der Waals surface area contributed by atoms with Crippen LogP contribution in [0.2, 0.25) is 0 Å². The third kappa shape index (κ3) is 6.51. The number of benzene rings is 2. The average Bonchev–Trinajstić information content (AvgIpc) is 3.63. The van der Waals surface area contributed by atoms with Crippen LogP contribution in [0.3, 0.4) is 0 Å². The molecule has 2 fully saturated rings. The van der Waals surface area contributed by atoms with Gasteiger partial charge in [0.25, 0.3) is 0 Å². The van der Waals surface area contributed by atoms with Crippen molar-refractivity contribution in [1.82, 2.24) is 14.7 Å². The Morgan fingerprint density at radius 3 is 2.66 bits per heavy atom. The molecule has 0 spiro atoms. The normalized spacial score (nSPS) is 21.7. The van der Waals surface area contributed by atoms with Gasteiger partial charge in [0.15, 0.2) is 11.5 Å². The number of carbonyl (C=O) groups is 4. The number of likely N-dealkylation sites (tertiary alicyclic amines) is 1. The fourth-order valence-corrected chi connectivity index (χ4v) is 6.45. The van der Waals surface area contributed by atoms with Crippen LogP contribution in [0.4, 0.5) is 10.5 Å². The van der Waals surface area contributed by atoms with Crippen molar-refractivity contribution in [3.63, 3.8) is 0 Å². The summed E-state index contributed by atoms with van der Waals surface area (Å²) in [5.74, 6) is -1.63. The Kier molecular flexibility index (Phi) is 9.70. The zero-order chi connectivity index (χ0) is 31.4. The van der Waals surface area contributed by atoms with E-state index in [4.69, 9.17) is 15.2 Å². The maximum atomic E-state index is 14.0. The highest BCUT2D eigenvalue weighted by Gasteiger charge is 2.48. The Hall–Kier alpha value is -4.16. The number of rotatable bonds is 12. The van der Waals surface area contributed by atoms with Crippen LogP contribution < -0.4 is 20.1 Å². The number of amides is 4. The Bertz CT molecular complexity index is 1400. The Morgan fingerprint density at radius 2 is 1.91 bits per heavy atom. The van der Waals surface area contributed by atoms with Crippen molar-refractivity contribution in [1.29, 1.82) is 0 Å². The first-order chi connectivity index (χ1) is 21.2. The number of ether oxygens (including phenoxy) is 2. The molecule has 3 atom stereocenters. The van der Waals surface area contributed by atoms with Gasteiger partial charge in [-0.05, 0) is 48.2 Å². The zero-order valence-corrected chi connectivity index (χ0v) is 25.3. The number of fused-ring (bicyclic) bond motifs is 1. The first-order valence-corrected chi connectivity index (χ1v) is 15.2. The number of hydrogen-bond acceptors (Lipinski definition) is 8. The maximum absolute atomic E-state index is 14.0. The highest BCUT2D eigenvalue weighted by molar-refractivity contribution is 5.97. The third-order valence-corrected chi connectivity index (χ3v) is 8.86. The molecule has 44 heavy (non-hydrogen) atoms. The number of imide groups is 1.